The summed E-state index contributed by atoms with van der Waals surface area (Å²) in [6.07, 6.45) is 6.80. The van der Waals surface area contributed by atoms with E-state index in [0.717, 1.165) is 22.7 Å². The van der Waals surface area contributed by atoms with Crippen LogP contribution in [0.1, 0.15) is 66.2 Å². The second kappa shape index (κ2) is 10.5. The molecule has 0 unspecified atom stereocenters. The number of carbonyl (C=O) groups is 2. The molecule has 0 bridgehead atoms. The highest BCUT2D eigenvalue weighted by molar-refractivity contribution is 8.76. The number of hydrogen-bond acceptors (Lipinski definition) is 7. The van der Waals surface area contributed by atoms with Gasteiger partial charge in [-0.2, -0.15) is 0 Å². The lowest BCUT2D eigenvalue weighted by Crippen LogP contribution is -2.69. The van der Waals surface area contributed by atoms with Crippen LogP contribution in [0.25, 0.3) is 0 Å². The molecule has 0 aromatic rings. The molecule has 2 N–H and O–H groups in total. The van der Waals surface area contributed by atoms with Crippen molar-refractivity contribution in [2.45, 2.75) is 83.6 Å². The van der Waals surface area contributed by atoms with Gasteiger partial charge < -0.3 is 14.9 Å². The Morgan fingerprint density at radius 3 is 2.70 bits per heavy atom. The van der Waals surface area contributed by atoms with E-state index in [1.165, 1.54) is 0 Å². The number of esters is 1. The summed E-state index contributed by atoms with van der Waals surface area (Å²) in [5.74, 6) is -0.422. The molecular formula is C29H41FO5S2. The maximum atomic E-state index is 17.3. The van der Waals surface area contributed by atoms with E-state index in [-0.39, 0.29) is 18.8 Å². The molecule has 8 heteroatoms. The highest BCUT2D eigenvalue weighted by atomic mass is 33.1. The number of allylic oxidation sites excluding steroid dienone is 5. The van der Waals surface area contributed by atoms with Gasteiger partial charge in [0, 0.05) is 34.7 Å². The van der Waals surface area contributed by atoms with Crippen molar-refractivity contribution < 1.29 is 28.9 Å². The lowest BCUT2D eigenvalue weighted by Gasteiger charge is -2.62. The van der Waals surface area contributed by atoms with E-state index in [1.807, 2.05) is 39.0 Å². The van der Waals surface area contributed by atoms with Gasteiger partial charge in [0.2, 0.25) is 5.78 Å². The number of aliphatic hydroxyl groups is 2. The Balaban J connectivity index is 1.52. The first-order valence-corrected chi connectivity index (χ1v) is 16.0. The van der Waals surface area contributed by atoms with Gasteiger partial charge in [-0.3, -0.25) is 9.59 Å². The second-order valence-electron chi connectivity index (χ2n) is 11.8. The highest BCUT2D eigenvalue weighted by Crippen LogP contribution is 2.70. The number of fused-ring (bicyclic) bond motifs is 5. The zero-order valence-corrected chi connectivity index (χ0v) is 24.1. The predicted octanol–water partition coefficient (Wildman–Crippen LogP) is 5.62. The van der Waals surface area contributed by atoms with Gasteiger partial charge in [-0.1, -0.05) is 72.7 Å². The van der Waals surface area contributed by atoms with Gasteiger partial charge in [0.05, 0.1) is 6.10 Å². The van der Waals surface area contributed by atoms with E-state index in [9.17, 15) is 19.8 Å². The molecule has 4 rings (SSSR count). The van der Waals surface area contributed by atoms with Gasteiger partial charge in [0.25, 0.3) is 0 Å². The van der Waals surface area contributed by atoms with Gasteiger partial charge in [-0.05, 0) is 56.4 Å². The first-order valence-electron chi connectivity index (χ1n) is 13.5. The largest absolute Gasteiger partial charge is 0.458 e. The van der Waals surface area contributed by atoms with E-state index >= 15 is 4.39 Å². The third-order valence-electron chi connectivity index (χ3n) is 9.91. The van der Waals surface area contributed by atoms with Crippen LogP contribution >= 0.6 is 21.6 Å². The quantitative estimate of drug-likeness (QED) is 0.218. The fourth-order valence-corrected chi connectivity index (χ4v) is 9.72. The minimum atomic E-state index is -1.91. The zero-order chi connectivity index (χ0) is 27.2. The van der Waals surface area contributed by atoms with Crippen molar-refractivity contribution in [3.8, 4) is 0 Å². The number of Topliss-reactive ketones (excluding diaryl/α,β-unsaturated/α-hetero) is 1. The van der Waals surface area contributed by atoms with Gasteiger partial charge in [-0.15, -0.1) is 0 Å². The molecule has 0 aliphatic heterocycles. The number of ketones is 1. The Morgan fingerprint density at radius 1 is 1.27 bits per heavy atom. The van der Waals surface area contributed by atoms with Crippen molar-refractivity contribution in [1.29, 1.82) is 0 Å². The molecule has 206 valence electrons. The third kappa shape index (κ3) is 4.38. The summed E-state index contributed by atoms with van der Waals surface area (Å²) < 4.78 is 22.6. The van der Waals surface area contributed by atoms with Crippen LogP contribution in [0.15, 0.2) is 36.0 Å². The molecule has 0 aromatic carbocycles. The van der Waals surface area contributed by atoms with Gasteiger partial charge >= 0.3 is 5.97 Å². The SMILES string of the molecule is C=C1C=C[C@]2(C)C(=C1)CC[C@@H]1[C@H]3C[C@H](C)[C@@](O)(C(=O)COC(=O)CCCSSCC)[C@]3(C)C[C@@H](O)[C@]12F. The summed E-state index contributed by atoms with van der Waals surface area (Å²) in [4.78, 5) is 25.7. The van der Waals surface area contributed by atoms with E-state index < -0.39 is 58.4 Å². The number of rotatable bonds is 9. The predicted molar refractivity (Wildman–Crippen MR) is 148 cm³/mol. The lowest BCUT2D eigenvalue weighted by molar-refractivity contribution is -0.219. The molecule has 3 fully saturated rings. The smallest absolute Gasteiger partial charge is 0.306 e. The molecule has 0 heterocycles. The van der Waals surface area contributed by atoms with Crippen molar-refractivity contribution in [3.05, 3.63) is 36.0 Å². The van der Waals surface area contributed by atoms with Crippen molar-refractivity contribution in [2.24, 2.45) is 28.6 Å². The average Bonchev–Trinajstić information content (AvgIpc) is 3.05. The second-order valence-corrected chi connectivity index (χ2v) is 14.6. The van der Waals surface area contributed by atoms with E-state index in [0.29, 0.717) is 25.7 Å². The maximum absolute atomic E-state index is 17.3. The Labute approximate surface area is 228 Å². The van der Waals surface area contributed by atoms with Crippen LogP contribution in [-0.2, 0) is 14.3 Å². The van der Waals surface area contributed by atoms with Crippen molar-refractivity contribution >= 4 is 33.3 Å². The Kier molecular flexibility index (Phi) is 8.18. The molecule has 5 nitrogen and oxygen atoms in total. The fourth-order valence-electron chi connectivity index (χ4n) is 7.96. The van der Waals surface area contributed by atoms with E-state index in [2.05, 4.69) is 13.5 Å². The first-order chi connectivity index (χ1) is 17.4. The number of carbonyl (C=O) groups excluding carboxylic acids is 2. The Morgan fingerprint density at radius 2 is 2.00 bits per heavy atom. The van der Waals surface area contributed by atoms with Gasteiger partial charge in [0.1, 0.15) is 5.60 Å². The first kappa shape index (κ1) is 28.9. The van der Waals surface area contributed by atoms with Crippen LogP contribution in [0.5, 0.6) is 0 Å². The summed E-state index contributed by atoms with van der Waals surface area (Å²) in [5, 5.41) is 23.4. The average molecular weight is 553 g/mol. The number of halogens is 1. The monoisotopic (exact) mass is 552 g/mol. The molecule has 4 aliphatic carbocycles. The van der Waals surface area contributed by atoms with Crippen molar-refractivity contribution in [1.82, 2.24) is 0 Å². The number of hydrogen-bond donors (Lipinski definition) is 2. The molecule has 4 aliphatic rings. The number of ether oxygens (including phenoxy) is 1. The lowest BCUT2D eigenvalue weighted by atomic mass is 9.44. The fraction of sp³-hybridized carbons (Fsp3) is 0.724. The van der Waals surface area contributed by atoms with Crippen LogP contribution in [0, 0.1) is 28.6 Å². The van der Waals surface area contributed by atoms with Crippen LogP contribution < -0.4 is 0 Å². The minimum absolute atomic E-state index is 0.0326. The van der Waals surface area contributed by atoms with Gasteiger partial charge in [-0.25, -0.2) is 4.39 Å². The van der Waals surface area contributed by atoms with E-state index in [1.54, 1.807) is 21.6 Å². The molecule has 0 aromatic heterocycles. The summed E-state index contributed by atoms with van der Waals surface area (Å²) in [6, 6.07) is 0. The summed E-state index contributed by atoms with van der Waals surface area (Å²) in [5.41, 5.74) is -3.93. The van der Waals surface area contributed by atoms with Gasteiger partial charge in [0.15, 0.2) is 12.3 Å². The third-order valence-corrected chi connectivity index (χ3v) is 12.5. The standard InChI is InChI=1S/C29H41FO5S2/c1-6-36-37-13-7-8-25(33)35-17-24(32)29(34)19(3)15-22-21-10-9-20-14-18(2)11-12-26(20,4)28(21,30)23(31)16-27(22,29)5/h11-12,14,19,21-23,31,34H,2,6-10,13,15-17H2,1,3-5H3/t19-,21+,22+,23+,26+,27+,28+,29+/m0/s1. The van der Waals surface area contributed by atoms with Crippen LogP contribution in [0.4, 0.5) is 4.39 Å². The van der Waals surface area contributed by atoms with Crippen LogP contribution in [0.2, 0.25) is 0 Å². The van der Waals surface area contributed by atoms with Crippen LogP contribution in [-0.4, -0.2) is 57.5 Å². The molecule has 8 atom stereocenters. The Bertz CT molecular complexity index is 1010. The minimum Gasteiger partial charge on any atom is -0.458 e. The molecule has 37 heavy (non-hydrogen) atoms. The van der Waals surface area contributed by atoms with Crippen molar-refractivity contribution in [2.75, 3.05) is 18.1 Å². The Hall–Kier alpha value is -1.09. The molecule has 0 radical (unpaired) electrons. The van der Waals surface area contributed by atoms with E-state index in [4.69, 9.17) is 4.74 Å². The molecular weight excluding hydrogens is 511 g/mol. The van der Waals surface area contributed by atoms with Crippen LogP contribution in [0.3, 0.4) is 0 Å². The zero-order valence-electron chi connectivity index (χ0n) is 22.4. The number of aliphatic hydroxyl groups excluding tert-OH is 1. The van der Waals surface area contributed by atoms with Crippen molar-refractivity contribution in [3.63, 3.8) is 0 Å². The normalized spacial score (nSPS) is 42.5. The maximum Gasteiger partial charge on any atom is 0.306 e. The summed E-state index contributed by atoms with van der Waals surface area (Å²) >= 11 is 0. The molecule has 0 amide bonds. The summed E-state index contributed by atoms with van der Waals surface area (Å²) in [7, 11) is 3.44. The summed E-state index contributed by atoms with van der Waals surface area (Å²) in [6.45, 7) is 11.1. The molecule has 3 saturated carbocycles. The highest BCUT2D eigenvalue weighted by Gasteiger charge is 2.75. The molecule has 0 saturated heterocycles. The molecule has 0 spiro atoms. The number of alkyl halides is 1. The topological polar surface area (TPSA) is 83.8 Å².